The molecule has 3 rings (SSSR count). The Balaban J connectivity index is 1.82. The second kappa shape index (κ2) is 5.07. The van der Waals surface area contributed by atoms with Crippen LogP contribution in [-0.2, 0) is 9.31 Å². The molecule has 0 aliphatic carbocycles. The number of rotatable bonds is 2. The Morgan fingerprint density at radius 3 is 2.27 bits per heavy atom. The van der Waals surface area contributed by atoms with E-state index in [-0.39, 0.29) is 5.91 Å². The van der Waals surface area contributed by atoms with E-state index in [4.69, 9.17) is 9.31 Å². The van der Waals surface area contributed by atoms with Crippen LogP contribution in [0.15, 0.2) is 42.7 Å². The molecule has 0 radical (unpaired) electrons. The van der Waals surface area contributed by atoms with Gasteiger partial charge in [0.05, 0.1) is 11.2 Å². The summed E-state index contributed by atoms with van der Waals surface area (Å²) in [5, 5.41) is 4.14. The van der Waals surface area contributed by atoms with Crippen molar-refractivity contribution in [1.29, 1.82) is 0 Å². The first-order valence-electron chi connectivity index (χ1n) is 7.30. The van der Waals surface area contributed by atoms with Gasteiger partial charge in [0.1, 0.15) is 0 Å². The van der Waals surface area contributed by atoms with Crippen molar-refractivity contribution in [3.63, 3.8) is 0 Å². The normalized spacial score (nSPS) is 19.4. The molecule has 114 valence electrons. The van der Waals surface area contributed by atoms with E-state index >= 15 is 0 Å². The molecule has 1 aromatic carbocycles. The first kappa shape index (κ1) is 15.0. The molecule has 0 saturated carbocycles. The molecular formula is C16H19BN2O3. The van der Waals surface area contributed by atoms with Gasteiger partial charge in [0, 0.05) is 23.4 Å². The van der Waals surface area contributed by atoms with Gasteiger partial charge in [0.15, 0.2) is 0 Å². The Kier molecular flexibility index (Phi) is 3.46. The molecule has 22 heavy (non-hydrogen) atoms. The van der Waals surface area contributed by atoms with Crippen molar-refractivity contribution in [2.24, 2.45) is 0 Å². The first-order chi connectivity index (χ1) is 10.3. The zero-order valence-electron chi connectivity index (χ0n) is 13.2. The summed E-state index contributed by atoms with van der Waals surface area (Å²) in [5.41, 5.74) is 0.501. The van der Waals surface area contributed by atoms with E-state index in [0.29, 0.717) is 5.56 Å². The Morgan fingerprint density at radius 1 is 1.09 bits per heavy atom. The minimum atomic E-state index is -0.512. The predicted molar refractivity (Wildman–Crippen MR) is 84.1 cm³/mol. The van der Waals surface area contributed by atoms with Crippen molar-refractivity contribution in [2.75, 3.05) is 0 Å². The molecule has 1 fully saturated rings. The molecule has 0 bridgehead atoms. The van der Waals surface area contributed by atoms with E-state index in [9.17, 15) is 4.79 Å². The molecule has 0 amide bonds. The third kappa shape index (κ3) is 2.49. The van der Waals surface area contributed by atoms with E-state index in [1.165, 1.54) is 4.68 Å². The van der Waals surface area contributed by atoms with Crippen LogP contribution in [0.1, 0.15) is 38.1 Å². The summed E-state index contributed by atoms with van der Waals surface area (Å²) in [6.07, 6.45) is 3.28. The first-order valence-corrected chi connectivity index (χ1v) is 7.30. The number of carbonyl (C=O) groups is 1. The third-order valence-corrected chi connectivity index (χ3v) is 4.36. The van der Waals surface area contributed by atoms with Crippen molar-refractivity contribution >= 4 is 18.5 Å². The number of hydrogen-bond donors (Lipinski definition) is 0. The summed E-state index contributed by atoms with van der Waals surface area (Å²) in [5.74, 6) is -0.177. The molecular weight excluding hydrogens is 279 g/mol. The molecule has 0 N–H and O–H groups in total. The summed E-state index contributed by atoms with van der Waals surface area (Å²) in [7, 11) is -0.512. The standard InChI is InChI=1S/C16H19BN2O3/c1-15(2)16(3,4)22-17(21-15)13-10-18-19(11-13)14(20)12-8-6-5-7-9-12/h5-11H,1-4H3. The molecule has 1 aliphatic heterocycles. The van der Waals surface area contributed by atoms with Crippen LogP contribution in [0.25, 0.3) is 0 Å². The fourth-order valence-electron chi connectivity index (χ4n) is 2.26. The number of aromatic nitrogens is 2. The van der Waals surface area contributed by atoms with Gasteiger partial charge in [-0.2, -0.15) is 5.10 Å². The lowest BCUT2D eigenvalue weighted by molar-refractivity contribution is 0.00578. The van der Waals surface area contributed by atoms with Crippen molar-refractivity contribution < 1.29 is 14.1 Å². The van der Waals surface area contributed by atoms with Crippen LogP contribution in [0.4, 0.5) is 0 Å². The lowest BCUT2D eigenvalue weighted by atomic mass is 9.82. The zero-order valence-corrected chi connectivity index (χ0v) is 13.2. The molecule has 1 aliphatic rings. The molecule has 0 atom stereocenters. The van der Waals surface area contributed by atoms with Crippen molar-refractivity contribution in [2.45, 2.75) is 38.9 Å². The van der Waals surface area contributed by atoms with Gasteiger partial charge >= 0.3 is 7.12 Å². The van der Waals surface area contributed by atoms with Crippen LogP contribution in [-0.4, -0.2) is 34.0 Å². The fourth-order valence-corrected chi connectivity index (χ4v) is 2.26. The quantitative estimate of drug-likeness (QED) is 0.794. The molecule has 1 saturated heterocycles. The zero-order chi connectivity index (χ0) is 16.0. The Labute approximate surface area is 130 Å². The van der Waals surface area contributed by atoms with Crippen LogP contribution in [0, 0.1) is 0 Å². The van der Waals surface area contributed by atoms with Gasteiger partial charge in [-0.25, -0.2) is 4.68 Å². The SMILES string of the molecule is CC1(C)OB(c2cnn(C(=O)c3ccccc3)c2)OC1(C)C. The Hall–Kier alpha value is -1.92. The topological polar surface area (TPSA) is 53.4 Å². The highest BCUT2D eigenvalue weighted by Gasteiger charge is 2.52. The summed E-state index contributed by atoms with van der Waals surface area (Å²) < 4.78 is 13.2. The summed E-state index contributed by atoms with van der Waals surface area (Å²) in [6, 6.07) is 9.05. The van der Waals surface area contributed by atoms with E-state index in [2.05, 4.69) is 5.10 Å². The molecule has 6 heteroatoms. The fraction of sp³-hybridized carbons (Fsp3) is 0.375. The highest BCUT2D eigenvalue weighted by Crippen LogP contribution is 2.36. The average Bonchev–Trinajstić information content (AvgIpc) is 3.03. The third-order valence-electron chi connectivity index (χ3n) is 4.36. The maximum absolute atomic E-state index is 12.3. The minimum Gasteiger partial charge on any atom is -0.399 e. The molecule has 2 aromatic rings. The second-order valence-corrected chi connectivity index (χ2v) is 6.48. The average molecular weight is 298 g/mol. The van der Waals surface area contributed by atoms with Crippen LogP contribution in [0.2, 0.25) is 0 Å². The molecule has 0 unspecified atom stereocenters. The smallest absolute Gasteiger partial charge is 0.399 e. The van der Waals surface area contributed by atoms with Crippen molar-refractivity contribution in [3.8, 4) is 0 Å². The van der Waals surface area contributed by atoms with Gasteiger partial charge in [-0.15, -0.1) is 0 Å². The van der Waals surface area contributed by atoms with Gasteiger partial charge < -0.3 is 9.31 Å². The second-order valence-electron chi connectivity index (χ2n) is 6.48. The number of hydrogen-bond acceptors (Lipinski definition) is 4. The van der Waals surface area contributed by atoms with Gasteiger partial charge in [-0.05, 0) is 39.8 Å². The van der Waals surface area contributed by atoms with E-state index in [1.54, 1.807) is 24.5 Å². The summed E-state index contributed by atoms with van der Waals surface area (Å²) in [6.45, 7) is 7.97. The minimum absolute atomic E-state index is 0.177. The number of nitrogens with zero attached hydrogens (tertiary/aromatic N) is 2. The van der Waals surface area contributed by atoms with Crippen molar-refractivity contribution in [1.82, 2.24) is 9.78 Å². The maximum Gasteiger partial charge on any atom is 0.498 e. The van der Waals surface area contributed by atoms with Crippen molar-refractivity contribution in [3.05, 3.63) is 48.3 Å². The van der Waals surface area contributed by atoms with E-state index in [1.807, 2.05) is 45.9 Å². The summed E-state index contributed by atoms with van der Waals surface area (Å²) in [4.78, 5) is 12.3. The van der Waals surface area contributed by atoms with Gasteiger partial charge in [-0.1, -0.05) is 18.2 Å². The monoisotopic (exact) mass is 298 g/mol. The number of carbonyl (C=O) groups excluding carboxylic acids is 1. The lowest BCUT2D eigenvalue weighted by Gasteiger charge is -2.32. The molecule has 0 spiro atoms. The van der Waals surface area contributed by atoms with Crippen LogP contribution < -0.4 is 5.46 Å². The lowest BCUT2D eigenvalue weighted by Crippen LogP contribution is -2.41. The maximum atomic E-state index is 12.3. The van der Waals surface area contributed by atoms with Crippen LogP contribution in [0.3, 0.4) is 0 Å². The van der Waals surface area contributed by atoms with E-state index < -0.39 is 18.3 Å². The summed E-state index contributed by atoms with van der Waals surface area (Å²) >= 11 is 0. The highest BCUT2D eigenvalue weighted by molar-refractivity contribution is 6.62. The number of benzene rings is 1. The van der Waals surface area contributed by atoms with Crippen LogP contribution >= 0.6 is 0 Å². The largest absolute Gasteiger partial charge is 0.498 e. The molecule has 2 heterocycles. The predicted octanol–water partition coefficient (Wildman–Crippen LogP) is 1.87. The van der Waals surface area contributed by atoms with Gasteiger partial charge in [0.25, 0.3) is 5.91 Å². The van der Waals surface area contributed by atoms with Gasteiger partial charge in [0.2, 0.25) is 0 Å². The molecule has 5 nitrogen and oxygen atoms in total. The van der Waals surface area contributed by atoms with E-state index in [0.717, 1.165) is 5.46 Å². The van der Waals surface area contributed by atoms with Gasteiger partial charge in [-0.3, -0.25) is 4.79 Å². The van der Waals surface area contributed by atoms with Crippen LogP contribution in [0.5, 0.6) is 0 Å². The molecule has 1 aromatic heterocycles. The Bertz CT molecular complexity index is 678. The highest BCUT2D eigenvalue weighted by atomic mass is 16.7. The Morgan fingerprint density at radius 2 is 1.68 bits per heavy atom.